The standard InChI is InChI=1S/C12H15NO5/c1-3-17-11(15)9-7-8(5-6-10(9)14)13-12(16)18-4-2/h5-7,14H,3-4H2,1-2H3,(H,13,16). The molecule has 0 radical (unpaired) electrons. The first kappa shape index (κ1) is 13.8. The van der Waals surface area contributed by atoms with Crippen LogP contribution in [0.2, 0.25) is 0 Å². The number of hydrogen-bond donors (Lipinski definition) is 2. The molecule has 6 nitrogen and oxygen atoms in total. The van der Waals surface area contributed by atoms with Gasteiger partial charge in [-0.05, 0) is 32.0 Å². The molecule has 0 heterocycles. The van der Waals surface area contributed by atoms with E-state index in [9.17, 15) is 14.7 Å². The Bertz CT molecular complexity index is 444. The second kappa shape index (κ2) is 6.48. The maximum Gasteiger partial charge on any atom is 0.411 e. The second-order valence-electron chi connectivity index (χ2n) is 3.30. The van der Waals surface area contributed by atoms with E-state index in [1.54, 1.807) is 13.8 Å². The molecular weight excluding hydrogens is 238 g/mol. The Morgan fingerprint density at radius 1 is 1.22 bits per heavy atom. The van der Waals surface area contributed by atoms with Crippen molar-refractivity contribution in [3.05, 3.63) is 23.8 Å². The van der Waals surface area contributed by atoms with Crippen molar-refractivity contribution in [2.24, 2.45) is 0 Å². The van der Waals surface area contributed by atoms with Crippen molar-refractivity contribution in [3.8, 4) is 5.75 Å². The summed E-state index contributed by atoms with van der Waals surface area (Å²) in [4.78, 5) is 22.7. The smallest absolute Gasteiger partial charge is 0.411 e. The lowest BCUT2D eigenvalue weighted by atomic mass is 10.2. The predicted molar refractivity (Wildman–Crippen MR) is 64.7 cm³/mol. The molecule has 0 bridgehead atoms. The third-order valence-electron chi connectivity index (χ3n) is 2.01. The molecule has 1 amide bonds. The number of ether oxygens (including phenoxy) is 2. The number of rotatable bonds is 4. The molecule has 0 aliphatic heterocycles. The van der Waals surface area contributed by atoms with E-state index >= 15 is 0 Å². The molecule has 0 saturated carbocycles. The highest BCUT2D eigenvalue weighted by atomic mass is 16.5. The SMILES string of the molecule is CCOC(=O)Nc1ccc(O)c(C(=O)OCC)c1. The minimum atomic E-state index is -0.650. The van der Waals surface area contributed by atoms with E-state index in [2.05, 4.69) is 5.32 Å². The summed E-state index contributed by atoms with van der Waals surface area (Å²) in [5.41, 5.74) is 0.334. The van der Waals surface area contributed by atoms with Gasteiger partial charge in [0.2, 0.25) is 0 Å². The van der Waals surface area contributed by atoms with E-state index in [0.29, 0.717) is 5.69 Å². The van der Waals surface area contributed by atoms with Crippen LogP contribution in [-0.4, -0.2) is 30.4 Å². The van der Waals surface area contributed by atoms with Crippen molar-refractivity contribution in [1.82, 2.24) is 0 Å². The van der Waals surface area contributed by atoms with Gasteiger partial charge in [0.1, 0.15) is 11.3 Å². The average molecular weight is 253 g/mol. The molecule has 0 spiro atoms. The van der Waals surface area contributed by atoms with Crippen LogP contribution >= 0.6 is 0 Å². The van der Waals surface area contributed by atoms with Crippen LogP contribution in [0.25, 0.3) is 0 Å². The molecule has 0 unspecified atom stereocenters. The number of carbonyl (C=O) groups excluding carboxylic acids is 2. The fraction of sp³-hybridized carbons (Fsp3) is 0.333. The van der Waals surface area contributed by atoms with E-state index in [0.717, 1.165) is 0 Å². The Labute approximate surface area is 105 Å². The molecule has 18 heavy (non-hydrogen) atoms. The normalized spacial score (nSPS) is 9.67. The van der Waals surface area contributed by atoms with Crippen LogP contribution in [0.4, 0.5) is 10.5 Å². The van der Waals surface area contributed by atoms with Crippen molar-refractivity contribution in [2.45, 2.75) is 13.8 Å². The van der Waals surface area contributed by atoms with E-state index < -0.39 is 12.1 Å². The molecule has 0 atom stereocenters. The zero-order valence-corrected chi connectivity index (χ0v) is 10.2. The van der Waals surface area contributed by atoms with Crippen LogP contribution in [0.3, 0.4) is 0 Å². The van der Waals surface area contributed by atoms with Gasteiger partial charge in [-0.1, -0.05) is 0 Å². The van der Waals surface area contributed by atoms with Crippen molar-refractivity contribution in [2.75, 3.05) is 18.5 Å². The first-order valence-corrected chi connectivity index (χ1v) is 5.52. The molecule has 98 valence electrons. The fourth-order valence-electron chi connectivity index (χ4n) is 1.27. The first-order chi connectivity index (χ1) is 8.58. The zero-order valence-electron chi connectivity index (χ0n) is 10.2. The Balaban J connectivity index is 2.86. The fourth-order valence-corrected chi connectivity index (χ4v) is 1.27. The summed E-state index contributed by atoms with van der Waals surface area (Å²) in [7, 11) is 0. The third-order valence-corrected chi connectivity index (χ3v) is 2.01. The third kappa shape index (κ3) is 3.65. The summed E-state index contributed by atoms with van der Waals surface area (Å²) in [6, 6.07) is 4.08. The van der Waals surface area contributed by atoms with Gasteiger partial charge in [0, 0.05) is 5.69 Å². The lowest BCUT2D eigenvalue weighted by Gasteiger charge is -2.08. The highest BCUT2D eigenvalue weighted by molar-refractivity contribution is 5.95. The van der Waals surface area contributed by atoms with Crippen LogP contribution in [0.5, 0.6) is 5.75 Å². The van der Waals surface area contributed by atoms with Gasteiger partial charge in [0.25, 0.3) is 0 Å². The molecule has 0 aliphatic carbocycles. The summed E-state index contributed by atoms with van der Waals surface area (Å²) in [6.45, 7) is 3.79. The van der Waals surface area contributed by atoms with Crippen molar-refractivity contribution < 1.29 is 24.2 Å². The summed E-state index contributed by atoms with van der Waals surface area (Å²) < 4.78 is 9.47. The van der Waals surface area contributed by atoms with Gasteiger partial charge >= 0.3 is 12.1 Å². The van der Waals surface area contributed by atoms with Gasteiger partial charge in [-0.25, -0.2) is 9.59 Å². The highest BCUT2D eigenvalue weighted by Gasteiger charge is 2.14. The van der Waals surface area contributed by atoms with E-state index in [-0.39, 0.29) is 24.5 Å². The van der Waals surface area contributed by atoms with Gasteiger partial charge in [-0.3, -0.25) is 5.32 Å². The number of hydrogen-bond acceptors (Lipinski definition) is 5. The minimum Gasteiger partial charge on any atom is -0.507 e. The van der Waals surface area contributed by atoms with Crippen molar-refractivity contribution in [3.63, 3.8) is 0 Å². The number of phenolic OH excluding ortho intramolecular Hbond substituents is 1. The van der Waals surface area contributed by atoms with Crippen LogP contribution in [0.1, 0.15) is 24.2 Å². The second-order valence-corrected chi connectivity index (χ2v) is 3.30. The number of anilines is 1. The van der Waals surface area contributed by atoms with Gasteiger partial charge in [-0.15, -0.1) is 0 Å². The average Bonchev–Trinajstić information content (AvgIpc) is 2.32. The molecule has 1 aromatic carbocycles. The van der Waals surface area contributed by atoms with Crippen LogP contribution in [0, 0.1) is 0 Å². The monoisotopic (exact) mass is 253 g/mol. The number of carbonyl (C=O) groups is 2. The quantitative estimate of drug-likeness (QED) is 0.634. The highest BCUT2D eigenvalue weighted by Crippen LogP contribution is 2.22. The number of esters is 1. The molecule has 6 heteroatoms. The largest absolute Gasteiger partial charge is 0.507 e. The lowest BCUT2D eigenvalue weighted by molar-refractivity contribution is 0.0523. The number of benzene rings is 1. The van der Waals surface area contributed by atoms with Gasteiger partial charge in [0.05, 0.1) is 13.2 Å². The number of aromatic hydroxyl groups is 1. The van der Waals surface area contributed by atoms with Crippen molar-refractivity contribution >= 4 is 17.7 Å². The molecule has 0 aliphatic rings. The number of amides is 1. The minimum absolute atomic E-state index is 0.00820. The number of phenols is 1. The summed E-state index contributed by atoms with van der Waals surface area (Å²) in [6.07, 6.45) is -0.627. The van der Waals surface area contributed by atoms with E-state index in [1.165, 1.54) is 18.2 Å². The van der Waals surface area contributed by atoms with E-state index in [1.807, 2.05) is 0 Å². The molecular formula is C12H15NO5. The van der Waals surface area contributed by atoms with Crippen LogP contribution in [-0.2, 0) is 9.47 Å². The summed E-state index contributed by atoms with van der Waals surface area (Å²) in [5, 5.41) is 12.0. The Hall–Kier alpha value is -2.24. The molecule has 0 saturated heterocycles. The summed E-state index contributed by atoms with van der Waals surface area (Å²) >= 11 is 0. The molecule has 1 rings (SSSR count). The van der Waals surface area contributed by atoms with Crippen LogP contribution < -0.4 is 5.32 Å². The topological polar surface area (TPSA) is 84.9 Å². The Morgan fingerprint density at radius 3 is 2.50 bits per heavy atom. The predicted octanol–water partition coefficient (Wildman–Crippen LogP) is 2.14. The molecule has 0 aromatic heterocycles. The maximum atomic E-state index is 11.5. The Kier molecular flexibility index (Phi) is 4.98. The first-order valence-electron chi connectivity index (χ1n) is 5.52. The van der Waals surface area contributed by atoms with E-state index in [4.69, 9.17) is 9.47 Å². The molecule has 2 N–H and O–H groups in total. The van der Waals surface area contributed by atoms with Gasteiger partial charge in [-0.2, -0.15) is 0 Å². The van der Waals surface area contributed by atoms with Gasteiger partial charge < -0.3 is 14.6 Å². The van der Waals surface area contributed by atoms with Gasteiger partial charge in [0.15, 0.2) is 0 Å². The summed E-state index contributed by atoms with van der Waals surface area (Å²) in [5.74, 6) is -0.856. The lowest BCUT2D eigenvalue weighted by Crippen LogP contribution is -2.14. The van der Waals surface area contributed by atoms with Crippen molar-refractivity contribution in [1.29, 1.82) is 0 Å². The zero-order chi connectivity index (χ0) is 13.5. The molecule has 1 aromatic rings. The molecule has 0 fully saturated rings. The maximum absolute atomic E-state index is 11.5. The number of nitrogens with one attached hydrogen (secondary N) is 1. The Morgan fingerprint density at radius 2 is 1.89 bits per heavy atom. The van der Waals surface area contributed by atoms with Crippen LogP contribution in [0.15, 0.2) is 18.2 Å².